The van der Waals surface area contributed by atoms with Gasteiger partial charge < -0.3 is 10.2 Å². The second kappa shape index (κ2) is 7.11. The monoisotopic (exact) mass is 279 g/mol. The maximum Gasteiger partial charge on any atom is 0.270 e. The number of hydrogen-bond donors (Lipinski definition) is 1. The minimum Gasteiger partial charge on any atom is -0.378 e. The second-order valence-corrected chi connectivity index (χ2v) is 4.64. The SMILES string of the molecule is CN(C)c1ccc(C#CCNC(=O)c2ccccn2)cc1. The van der Waals surface area contributed by atoms with Crippen LogP contribution in [0.2, 0.25) is 0 Å². The summed E-state index contributed by atoms with van der Waals surface area (Å²) in [6.45, 7) is 0.296. The van der Waals surface area contributed by atoms with E-state index in [1.165, 1.54) is 0 Å². The number of amides is 1. The molecule has 21 heavy (non-hydrogen) atoms. The first-order chi connectivity index (χ1) is 10.2. The van der Waals surface area contributed by atoms with Crippen molar-refractivity contribution < 1.29 is 4.79 Å². The largest absolute Gasteiger partial charge is 0.378 e. The highest BCUT2D eigenvalue weighted by molar-refractivity contribution is 5.92. The Hall–Kier alpha value is -2.80. The minimum absolute atomic E-state index is 0.215. The summed E-state index contributed by atoms with van der Waals surface area (Å²) in [7, 11) is 3.99. The van der Waals surface area contributed by atoms with Crippen LogP contribution < -0.4 is 10.2 Å². The Morgan fingerprint density at radius 3 is 2.57 bits per heavy atom. The third kappa shape index (κ3) is 4.36. The van der Waals surface area contributed by atoms with Crippen molar-refractivity contribution >= 4 is 11.6 Å². The lowest BCUT2D eigenvalue weighted by atomic mass is 10.2. The number of aromatic nitrogens is 1. The fraction of sp³-hybridized carbons (Fsp3) is 0.176. The Balaban J connectivity index is 1.88. The van der Waals surface area contributed by atoms with Crippen molar-refractivity contribution in [1.29, 1.82) is 0 Å². The van der Waals surface area contributed by atoms with Gasteiger partial charge in [-0.25, -0.2) is 0 Å². The van der Waals surface area contributed by atoms with Gasteiger partial charge in [-0.2, -0.15) is 0 Å². The zero-order valence-electron chi connectivity index (χ0n) is 12.1. The second-order valence-electron chi connectivity index (χ2n) is 4.64. The summed E-state index contributed by atoms with van der Waals surface area (Å²) in [5.74, 6) is 5.73. The van der Waals surface area contributed by atoms with E-state index >= 15 is 0 Å². The van der Waals surface area contributed by atoms with Crippen molar-refractivity contribution in [3.8, 4) is 11.8 Å². The van der Waals surface area contributed by atoms with Gasteiger partial charge in [-0.05, 0) is 36.4 Å². The average molecular weight is 279 g/mol. The van der Waals surface area contributed by atoms with E-state index in [-0.39, 0.29) is 5.91 Å². The van der Waals surface area contributed by atoms with Gasteiger partial charge in [-0.1, -0.05) is 17.9 Å². The van der Waals surface area contributed by atoms with E-state index in [4.69, 9.17) is 0 Å². The normalized spacial score (nSPS) is 9.43. The van der Waals surface area contributed by atoms with Crippen LogP contribution in [-0.2, 0) is 0 Å². The number of nitrogens with one attached hydrogen (secondary N) is 1. The van der Waals surface area contributed by atoms with Crippen LogP contribution in [0.1, 0.15) is 16.1 Å². The van der Waals surface area contributed by atoms with Gasteiger partial charge in [0.15, 0.2) is 0 Å². The maximum atomic E-state index is 11.7. The molecule has 0 unspecified atom stereocenters. The molecule has 0 radical (unpaired) electrons. The molecule has 0 fully saturated rings. The van der Waals surface area contributed by atoms with Crippen LogP contribution in [0.15, 0.2) is 48.7 Å². The molecule has 0 aliphatic carbocycles. The lowest BCUT2D eigenvalue weighted by molar-refractivity contribution is 0.0954. The van der Waals surface area contributed by atoms with E-state index in [0.29, 0.717) is 12.2 Å². The lowest BCUT2D eigenvalue weighted by Gasteiger charge is -2.11. The van der Waals surface area contributed by atoms with Gasteiger partial charge in [0.1, 0.15) is 5.69 Å². The first-order valence-electron chi connectivity index (χ1n) is 6.62. The fourth-order valence-corrected chi connectivity index (χ4v) is 1.70. The van der Waals surface area contributed by atoms with Crippen molar-refractivity contribution in [2.45, 2.75) is 0 Å². The van der Waals surface area contributed by atoms with E-state index in [1.807, 2.05) is 43.3 Å². The van der Waals surface area contributed by atoms with Crippen LogP contribution in [-0.4, -0.2) is 31.5 Å². The molecule has 1 amide bonds. The highest BCUT2D eigenvalue weighted by atomic mass is 16.1. The summed E-state index contributed by atoms with van der Waals surface area (Å²) in [6, 6.07) is 13.2. The molecule has 0 saturated heterocycles. The summed E-state index contributed by atoms with van der Waals surface area (Å²) in [5.41, 5.74) is 2.45. The van der Waals surface area contributed by atoms with Crippen molar-refractivity contribution in [2.75, 3.05) is 25.5 Å². The first-order valence-corrected chi connectivity index (χ1v) is 6.62. The molecule has 0 spiro atoms. The van der Waals surface area contributed by atoms with Crippen molar-refractivity contribution in [1.82, 2.24) is 10.3 Å². The molecular formula is C17H17N3O. The molecule has 0 aliphatic heterocycles. The quantitative estimate of drug-likeness (QED) is 0.873. The average Bonchev–Trinajstić information content (AvgIpc) is 2.52. The topological polar surface area (TPSA) is 45.2 Å². The Labute approximate surface area is 124 Å². The number of pyridine rings is 1. The summed E-state index contributed by atoms with van der Waals surface area (Å²) in [4.78, 5) is 17.7. The fourth-order valence-electron chi connectivity index (χ4n) is 1.70. The Bertz CT molecular complexity index is 652. The van der Waals surface area contributed by atoms with Gasteiger partial charge in [-0.3, -0.25) is 9.78 Å². The van der Waals surface area contributed by atoms with Gasteiger partial charge in [0, 0.05) is 31.5 Å². The molecule has 1 aromatic carbocycles. The molecule has 0 aliphatic rings. The standard InChI is InChI=1S/C17H17N3O/c1-20(2)15-10-8-14(9-11-15)6-5-13-19-17(21)16-7-3-4-12-18-16/h3-4,7-12H,13H2,1-2H3,(H,19,21). The number of carbonyl (C=O) groups excluding carboxylic acids is 1. The zero-order valence-corrected chi connectivity index (χ0v) is 12.1. The first kappa shape index (κ1) is 14.6. The maximum absolute atomic E-state index is 11.7. The lowest BCUT2D eigenvalue weighted by Crippen LogP contribution is -2.24. The molecule has 0 saturated carbocycles. The van der Waals surface area contributed by atoms with E-state index < -0.39 is 0 Å². The number of rotatable bonds is 3. The predicted octanol–water partition coefficient (Wildman–Crippen LogP) is 1.93. The van der Waals surface area contributed by atoms with Gasteiger partial charge >= 0.3 is 0 Å². The number of carbonyl (C=O) groups is 1. The molecule has 0 bridgehead atoms. The highest BCUT2D eigenvalue weighted by Crippen LogP contribution is 2.11. The Kier molecular flexibility index (Phi) is 4.94. The molecule has 4 heteroatoms. The minimum atomic E-state index is -0.215. The van der Waals surface area contributed by atoms with Gasteiger partial charge in [0.2, 0.25) is 0 Å². The summed E-state index contributed by atoms with van der Waals surface area (Å²) in [6.07, 6.45) is 1.59. The highest BCUT2D eigenvalue weighted by Gasteiger charge is 2.03. The number of hydrogen-bond acceptors (Lipinski definition) is 3. The molecule has 1 N–H and O–H groups in total. The molecular weight excluding hydrogens is 262 g/mol. The Morgan fingerprint density at radius 1 is 1.19 bits per heavy atom. The van der Waals surface area contributed by atoms with Gasteiger partial charge in [-0.15, -0.1) is 0 Å². The molecule has 1 heterocycles. The van der Waals surface area contributed by atoms with Crippen LogP contribution in [0, 0.1) is 11.8 Å². The summed E-state index contributed by atoms with van der Waals surface area (Å²) in [5, 5.41) is 2.72. The van der Waals surface area contributed by atoms with Gasteiger partial charge in [0.05, 0.1) is 6.54 Å². The van der Waals surface area contributed by atoms with Crippen LogP contribution in [0.5, 0.6) is 0 Å². The van der Waals surface area contributed by atoms with E-state index in [1.54, 1.807) is 24.4 Å². The number of benzene rings is 1. The zero-order chi connectivity index (χ0) is 15.1. The molecule has 1 aromatic heterocycles. The number of anilines is 1. The molecule has 106 valence electrons. The molecule has 0 atom stereocenters. The smallest absolute Gasteiger partial charge is 0.270 e. The van der Waals surface area contributed by atoms with Crippen LogP contribution >= 0.6 is 0 Å². The molecule has 4 nitrogen and oxygen atoms in total. The van der Waals surface area contributed by atoms with Crippen LogP contribution in [0.25, 0.3) is 0 Å². The van der Waals surface area contributed by atoms with Gasteiger partial charge in [0.25, 0.3) is 5.91 Å². The predicted molar refractivity (Wildman–Crippen MR) is 84.2 cm³/mol. The Morgan fingerprint density at radius 2 is 1.95 bits per heavy atom. The third-order valence-corrected chi connectivity index (χ3v) is 2.85. The molecule has 2 aromatic rings. The van der Waals surface area contributed by atoms with Crippen LogP contribution in [0.3, 0.4) is 0 Å². The van der Waals surface area contributed by atoms with Crippen molar-refractivity contribution in [3.05, 3.63) is 59.9 Å². The van der Waals surface area contributed by atoms with E-state index in [2.05, 4.69) is 22.1 Å². The third-order valence-electron chi connectivity index (χ3n) is 2.85. The summed E-state index contributed by atoms with van der Waals surface area (Å²) < 4.78 is 0. The van der Waals surface area contributed by atoms with E-state index in [9.17, 15) is 4.79 Å². The molecule has 2 rings (SSSR count). The van der Waals surface area contributed by atoms with Crippen LogP contribution in [0.4, 0.5) is 5.69 Å². The van der Waals surface area contributed by atoms with Crippen molar-refractivity contribution in [2.24, 2.45) is 0 Å². The van der Waals surface area contributed by atoms with Crippen molar-refractivity contribution in [3.63, 3.8) is 0 Å². The number of nitrogens with zero attached hydrogens (tertiary/aromatic N) is 2. The summed E-state index contributed by atoms with van der Waals surface area (Å²) >= 11 is 0. The van der Waals surface area contributed by atoms with E-state index in [0.717, 1.165) is 11.3 Å².